The van der Waals surface area contributed by atoms with E-state index < -0.39 is 17.9 Å². The van der Waals surface area contributed by atoms with E-state index in [1.165, 1.54) is 19.2 Å². The summed E-state index contributed by atoms with van der Waals surface area (Å²) in [6, 6.07) is 1.90. The van der Waals surface area contributed by atoms with Crippen molar-refractivity contribution in [2.45, 2.75) is 19.9 Å². The molecule has 0 saturated carbocycles. The van der Waals surface area contributed by atoms with Crippen LogP contribution in [0, 0.1) is 5.92 Å². The number of hydrogen-bond donors (Lipinski definition) is 3. The summed E-state index contributed by atoms with van der Waals surface area (Å²) in [6.45, 7) is 3.64. The fraction of sp³-hybridized carbons (Fsp3) is 0.385. The number of nitrogens with one attached hydrogen (secondary N) is 1. The zero-order valence-corrected chi connectivity index (χ0v) is 12.2. The number of aromatic carboxylic acids is 1. The second-order valence-corrected chi connectivity index (χ2v) is 5.00. The van der Waals surface area contributed by atoms with Crippen LogP contribution in [0.15, 0.2) is 12.1 Å². The summed E-state index contributed by atoms with van der Waals surface area (Å²) < 4.78 is 4.97. The number of hydrogen-bond acceptors (Lipinski definition) is 4. The molecule has 6 nitrogen and oxygen atoms in total. The van der Waals surface area contributed by atoms with Crippen LogP contribution in [-0.4, -0.2) is 30.1 Å². The molecule has 0 radical (unpaired) electrons. The SMILES string of the molecule is COc1cc(NC(=O)[C@@H](N)C(C)C)c(Cl)cc1C(=O)O. The Hall–Kier alpha value is -1.79. The lowest BCUT2D eigenvalue weighted by molar-refractivity contribution is -0.118. The first-order valence-corrected chi connectivity index (χ1v) is 6.33. The van der Waals surface area contributed by atoms with Crippen molar-refractivity contribution in [3.8, 4) is 5.75 Å². The van der Waals surface area contributed by atoms with Gasteiger partial charge in [-0.1, -0.05) is 25.4 Å². The Kier molecular flexibility index (Phi) is 5.35. The van der Waals surface area contributed by atoms with E-state index in [-0.39, 0.29) is 27.9 Å². The minimum absolute atomic E-state index is 0.0334. The smallest absolute Gasteiger partial charge is 0.339 e. The molecule has 110 valence electrons. The lowest BCUT2D eigenvalue weighted by Crippen LogP contribution is -2.39. The minimum Gasteiger partial charge on any atom is -0.496 e. The fourth-order valence-corrected chi connectivity index (χ4v) is 1.71. The zero-order chi connectivity index (χ0) is 15.4. The van der Waals surface area contributed by atoms with Crippen molar-refractivity contribution in [3.63, 3.8) is 0 Å². The van der Waals surface area contributed by atoms with Gasteiger partial charge in [-0.05, 0) is 12.0 Å². The Labute approximate surface area is 121 Å². The van der Waals surface area contributed by atoms with Crippen molar-refractivity contribution in [1.29, 1.82) is 0 Å². The molecule has 1 amide bonds. The maximum Gasteiger partial charge on any atom is 0.339 e. The quantitative estimate of drug-likeness (QED) is 0.771. The van der Waals surface area contributed by atoms with E-state index in [1.807, 2.05) is 13.8 Å². The first-order chi connectivity index (χ1) is 9.27. The van der Waals surface area contributed by atoms with Gasteiger partial charge < -0.3 is 20.9 Å². The first kappa shape index (κ1) is 16.3. The normalized spacial score (nSPS) is 12.1. The van der Waals surface area contributed by atoms with Crippen LogP contribution in [-0.2, 0) is 4.79 Å². The van der Waals surface area contributed by atoms with E-state index >= 15 is 0 Å². The van der Waals surface area contributed by atoms with Crippen molar-refractivity contribution in [3.05, 3.63) is 22.7 Å². The summed E-state index contributed by atoms with van der Waals surface area (Å²) in [5.41, 5.74) is 5.91. The van der Waals surface area contributed by atoms with Crippen LogP contribution in [0.3, 0.4) is 0 Å². The van der Waals surface area contributed by atoms with Crippen molar-refractivity contribution in [2.75, 3.05) is 12.4 Å². The van der Waals surface area contributed by atoms with Crippen molar-refractivity contribution in [1.82, 2.24) is 0 Å². The molecule has 0 aliphatic heterocycles. The molecular formula is C13H17ClN2O4. The van der Waals surface area contributed by atoms with Crippen molar-refractivity contribution >= 4 is 29.2 Å². The molecule has 1 aromatic carbocycles. The number of carbonyl (C=O) groups excluding carboxylic acids is 1. The van der Waals surface area contributed by atoms with E-state index in [2.05, 4.69) is 5.32 Å². The fourth-order valence-electron chi connectivity index (χ4n) is 1.50. The summed E-state index contributed by atoms with van der Waals surface area (Å²) >= 11 is 5.96. The molecule has 0 spiro atoms. The van der Waals surface area contributed by atoms with Crippen LogP contribution in [0.4, 0.5) is 5.69 Å². The molecule has 0 saturated heterocycles. The maximum atomic E-state index is 11.9. The van der Waals surface area contributed by atoms with Crippen LogP contribution < -0.4 is 15.8 Å². The number of carboxylic acid groups (broad SMARTS) is 1. The maximum absolute atomic E-state index is 11.9. The second-order valence-electron chi connectivity index (χ2n) is 4.60. The monoisotopic (exact) mass is 300 g/mol. The molecule has 0 bridgehead atoms. The second kappa shape index (κ2) is 6.58. The molecule has 0 unspecified atom stereocenters. The third-order valence-electron chi connectivity index (χ3n) is 2.80. The number of carbonyl (C=O) groups is 2. The van der Waals surface area contributed by atoms with Gasteiger partial charge in [-0.2, -0.15) is 0 Å². The van der Waals surface area contributed by atoms with Gasteiger partial charge >= 0.3 is 5.97 Å². The van der Waals surface area contributed by atoms with Gasteiger partial charge in [0.1, 0.15) is 11.3 Å². The molecule has 4 N–H and O–H groups in total. The van der Waals surface area contributed by atoms with Gasteiger partial charge in [-0.15, -0.1) is 0 Å². The molecule has 0 fully saturated rings. The first-order valence-electron chi connectivity index (χ1n) is 5.95. The Morgan fingerprint density at radius 3 is 2.45 bits per heavy atom. The highest BCUT2D eigenvalue weighted by Gasteiger charge is 2.20. The van der Waals surface area contributed by atoms with Crippen LogP contribution >= 0.6 is 11.6 Å². The van der Waals surface area contributed by atoms with E-state index in [4.69, 9.17) is 27.2 Å². The van der Waals surface area contributed by atoms with Gasteiger partial charge in [-0.25, -0.2) is 4.79 Å². The number of amides is 1. The van der Waals surface area contributed by atoms with Crippen LogP contribution in [0.5, 0.6) is 5.75 Å². The van der Waals surface area contributed by atoms with E-state index in [1.54, 1.807) is 0 Å². The highest BCUT2D eigenvalue weighted by Crippen LogP contribution is 2.31. The number of nitrogens with two attached hydrogens (primary N) is 1. The van der Waals surface area contributed by atoms with Gasteiger partial charge in [0.2, 0.25) is 5.91 Å². The van der Waals surface area contributed by atoms with Gasteiger partial charge in [-0.3, -0.25) is 4.79 Å². The van der Waals surface area contributed by atoms with Gasteiger partial charge in [0, 0.05) is 6.07 Å². The summed E-state index contributed by atoms with van der Waals surface area (Å²) in [5, 5.41) is 11.7. The Morgan fingerprint density at radius 1 is 1.40 bits per heavy atom. The zero-order valence-electron chi connectivity index (χ0n) is 11.4. The number of ether oxygens (including phenoxy) is 1. The van der Waals surface area contributed by atoms with Crippen LogP contribution in [0.25, 0.3) is 0 Å². The predicted octanol–water partition coefficient (Wildman–Crippen LogP) is 1.97. The highest BCUT2D eigenvalue weighted by molar-refractivity contribution is 6.34. The number of benzene rings is 1. The average Bonchev–Trinajstić information content (AvgIpc) is 2.39. The number of halogens is 1. The number of methoxy groups -OCH3 is 1. The van der Waals surface area contributed by atoms with E-state index in [9.17, 15) is 9.59 Å². The molecule has 0 aromatic heterocycles. The Morgan fingerprint density at radius 2 is 2.00 bits per heavy atom. The molecule has 1 atom stereocenters. The largest absolute Gasteiger partial charge is 0.496 e. The number of rotatable bonds is 5. The lowest BCUT2D eigenvalue weighted by Gasteiger charge is -2.17. The van der Waals surface area contributed by atoms with Gasteiger partial charge in [0.05, 0.1) is 23.9 Å². The Bertz CT molecular complexity index is 531. The summed E-state index contributed by atoms with van der Waals surface area (Å²) in [6.07, 6.45) is 0. The molecule has 1 rings (SSSR count). The average molecular weight is 301 g/mol. The lowest BCUT2D eigenvalue weighted by atomic mass is 10.0. The standard InChI is InChI=1S/C13H17ClN2O4/c1-6(2)11(15)12(17)16-9-5-10(20-3)7(13(18)19)4-8(9)14/h4-6,11H,15H2,1-3H3,(H,16,17)(H,18,19)/t11-/m0/s1. The highest BCUT2D eigenvalue weighted by atomic mass is 35.5. The van der Waals surface area contributed by atoms with Crippen molar-refractivity contribution in [2.24, 2.45) is 11.7 Å². The number of anilines is 1. The molecule has 1 aromatic rings. The molecule has 7 heteroatoms. The number of carboxylic acids is 1. The predicted molar refractivity (Wildman–Crippen MR) is 76.4 cm³/mol. The third kappa shape index (κ3) is 3.61. The van der Waals surface area contributed by atoms with Crippen LogP contribution in [0.1, 0.15) is 24.2 Å². The minimum atomic E-state index is -1.17. The van der Waals surface area contributed by atoms with Gasteiger partial charge in [0.25, 0.3) is 0 Å². The molecule has 0 aliphatic rings. The molecular weight excluding hydrogens is 284 g/mol. The summed E-state index contributed by atoms with van der Waals surface area (Å²) in [5.74, 6) is -1.49. The Balaban J connectivity index is 3.08. The van der Waals surface area contributed by atoms with Crippen LogP contribution in [0.2, 0.25) is 5.02 Å². The van der Waals surface area contributed by atoms with E-state index in [0.717, 1.165) is 0 Å². The topological polar surface area (TPSA) is 102 Å². The van der Waals surface area contributed by atoms with Gasteiger partial charge in [0.15, 0.2) is 0 Å². The van der Waals surface area contributed by atoms with Crippen molar-refractivity contribution < 1.29 is 19.4 Å². The molecule has 0 heterocycles. The summed E-state index contributed by atoms with van der Waals surface area (Å²) in [7, 11) is 1.33. The molecule has 0 aliphatic carbocycles. The summed E-state index contributed by atoms with van der Waals surface area (Å²) in [4.78, 5) is 22.9. The van der Waals surface area contributed by atoms with E-state index in [0.29, 0.717) is 0 Å². The molecule has 20 heavy (non-hydrogen) atoms. The third-order valence-corrected chi connectivity index (χ3v) is 3.11.